The first-order valence-corrected chi connectivity index (χ1v) is 7.92. The van der Waals surface area contributed by atoms with Gasteiger partial charge in [-0.25, -0.2) is 0 Å². The largest absolute Gasteiger partial charge is 0.496 e. The third kappa shape index (κ3) is 3.54. The van der Waals surface area contributed by atoms with Crippen molar-refractivity contribution in [3.05, 3.63) is 58.7 Å². The first-order chi connectivity index (χ1) is 11.2. The van der Waals surface area contributed by atoms with E-state index in [1.165, 1.54) is 11.1 Å². The lowest BCUT2D eigenvalue weighted by Gasteiger charge is -2.18. The summed E-state index contributed by atoms with van der Waals surface area (Å²) in [5.41, 5.74) is 5.50. The molecule has 1 heterocycles. The number of hydrogen-bond donors (Lipinski definition) is 2. The molecule has 0 bridgehead atoms. The summed E-state index contributed by atoms with van der Waals surface area (Å²) in [6.07, 6.45) is 1.39. The van der Waals surface area contributed by atoms with E-state index >= 15 is 0 Å². The third-order valence-corrected chi connectivity index (χ3v) is 4.34. The van der Waals surface area contributed by atoms with Crippen molar-refractivity contribution in [3.8, 4) is 5.75 Å². The quantitative estimate of drug-likeness (QED) is 0.913. The van der Waals surface area contributed by atoms with Crippen LogP contribution in [0.15, 0.2) is 36.4 Å². The fourth-order valence-electron chi connectivity index (χ4n) is 3.01. The number of nitrogens with one attached hydrogen (secondary N) is 2. The van der Waals surface area contributed by atoms with Crippen LogP contribution in [0.5, 0.6) is 5.75 Å². The van der Waals surface area contributed by atoms with Crippen molar-refractivity contribution < 1.29 is 9.53 Å². The third-order valence-electron chi connectivity index (χ3n) is 4.34. The molecular weight excluding hydrogens is 288 g/mol. The number of anilines is 1. The molecule has 2 aromatic rings. The molecule has 23 heavy (non-hydrogen) atoms. The van der Waals surface area contributed by atoms with E-state index in [0.717, 1.165) is 42.1 Å². The van der Waals surface area contributed by atoms with Crippen LogP contribution in [0.1, 0.15) is 22.3 Å². The van der Waals surface area contributed by atoms with Crippen molar-refractivity contribution in [3.63, 3.8) is 0 Å². The van der Waals surface area contributed by atoms with Gasteiger partial charge in [-0.3, -0.25) is 4.79 Å². The van der Waals surface area contributed by atoms with Gasteiger partial charge in [-0.05, 0) is 60.3 Å². The Labute approximate surface area is 136 Å². The number of methoxy groups -OCH3 is 1. The van der Waals surface area contributed by atoms with E-state index in [-0.39, 0.29) is 5.91 Å². The minimum atomic E-state index is -0.00919. The van der Waals surface area contributed by atoms with Crippen molar-refractivity contribution in [2.24, 2.45) is 0 Å². The standard InChI is InChI=1S/C19H22N2O2/c1-13-15(4-3-5-18(13)23-2)11-19(22)21-17-7-6-14-8-9-20-12-16(14)10-17/h3-7,10,20H,8-9,11-12H2,1-2H3,(H,21,22). The van der Waals surface area contributed by atoms with Crippen LogP contribution in [0, 0.1) is 6.92 Å². The van der Waals surface area contributed by atoms with Gasteiger partial charge in [0.1, 0.15) is 5.75 Å². The molecule has 0 fully saturated rings. The van der Waals surface area contributed by atoms with Crippen LogP contribution >= 0.6 is 0 Å². The van der Waals surface area contributed by atoms with E-state index in [0.29, 0.717) is 6.42 Å². The van der Waals surface area contributed by atoms with Crippen molar-refractivity contribution in [2.75, 3.05) is 19.0 Å². The second-order valence-electron chi connectivity index (χ2n) is 5.88. The molecule has 0 saturated carbocycles. The molecule has 0 aromatic heterocycles. The first kappa shape index (κ1) is 15.6. The molecule has 4 heteroatoms. The van der Waals surface area contributed by atoms with Crippen LogP contribution < -0.4 is 15.4 Å². The number of ether oxygens (including phenoxy) is 1. The minimum Gasteiger partial charge on any atom is -0.496 e. The fourth-order valence-corrected chi connectivity index (χ4v) is 3.01. The maximum atomic E-state index is 12.3. The molecule has 1 aliphatic rings. The predicted octanol–water partition coefficient (Wildman–Crippen LogP) is 2.83. The maximum Gasteiger partial charge on any atom is 0.228 e. The second kappa shape index (κ2) is 6.84. The zero-order valence-electron chi connectivity index (χ0n) is 13.6. The highest BCUT2D eigenvalue weighted by Crippen LogP contribution is 2.22. The second-order valence-corrected chi connectivity index (χ2v) is 5.88. The molecule has 1 amide bonds. The van der Waals surface area contributed by atoms with Crippen LogP contribution in [0.25, 0.3) is 0 Å². The Morgan fingerprint density at radius 2 is 2.13 bits per heavy atom. The number of benzene rings is 2. The average molecular weight is 310 g/mol. The summed E-state index contributed by atoms with van der Waals surface area (Å²) < 4.78 is 5.31. The summed E-state index contributed by atoms with van der Waals surface area (Å²) in [5.74, 6) is 0.806. The lowest BCUT2D eigenvalue weighted by atomic mass is 10.0. The molecule has 2 N–H and O–H groups in total. The fraction of sp³-hybridized carbons (Fsp3) is 0.316. The number of amides is 1. The summed E-state index contributed by atoms with van der Waals surface area (Å²) in [6.45, 7) is 3.87. The van der Waals surface area contributed by atoms with Crippen molar-refractivity contribution in [1.29, 1.82) is 0 Å². The van der Waals surface area contributed by atoms with E-state index in [1.807, 2.05) is 31.2 Å². The summed E-state index contributed by atoms with van der Waals surface area (Å²) in [6, 6.07) is 12.0. The first-order valence-electron chi connectivity index (χ1n) is 7.92. The monoisotopic (exact) mass is 310 g/mol. The normalized spacial score (nSPS) is 13.3. The van der Waals surface area contributed by atoms with Gasteiger partial charge in [0.05, 0.1) is 13.5 Å². The topological polar surface area (TPSA) is 50.4 Å². The molecule has 0 radical (unpaired) electrons. The lowest BCUT2D eigenvalue weighted by molar-refractivity contribution is -0.115. The Kier molecular flexibility index (Phi) is 4.63. The van der Waals surface area contributed by atoms with Gasteiger partial charge in [0.25, 0.3) is 0 Å². The van der Waals surface area contributed by atoms with Crippen LogP contribution in [-0.2, 0) is 24.2 Å². The average Bonchev–Trinajstić information content (AvgIpc) is 2.56. The lowest BCUT2D eigenvalue weighted by Crippen LogP contribution is -2.24. The number of hydrogen-bond acceptors (Lipinski definition) is 3. The zero-order valence-corrected chi connectivity index (χ0v) is 13.6. The van der Waals surface area contributed by atoms with E-state index in [9.17, 15) is 4.79 Å². The van der Waals surface area contributed by atoms with E-state index in [1.54, 1.807) is 7.11 Å². The van der Waals surface area contributed by atoms with E-state index < -0.39 is 0 Å². The van der Waals surface area contributed by atoms with Crippen molar-refractivity contribution in [2.45, 2.75) is 26.3 Å². The molecule has 120 valence electrons. The summed E-state index contributed by atoms with van der Waals surface area (Å²) in [7, 11) is 1.65. The van der Waals surface area contributed by atoms with Gasteiger partial charge in [0.2, 0.25) is 5.91 Å². The van der Waals surface area contributed by atoms with Gasteiger partial charge in [-0.15, -0.1) is 0 Å². The maximum absolute atomic E-state index is 12.3. The SMILES string of the molecule is COc1cccc(CC(=O)Nc2ccc3c(c2)CNCC3)c1C. The number of fused-ring (bicyclic) bond motifs is 1. The molecule has 0 saturated heterocycles. The van der Waals surface area contributed by atoms with Crippen LogP contribution in [-0.4, -0.2) is 19.6 Å². The highest BCUT2D eigenvalue weighted by molar-refractivity contribution is 5.92. The molecule has 1 aliphatic heterocycles. The smallest absolute Gasteiger partial charge is 0.228 e. The van der Waals surface area contributed by atoms with E-state index in [2.05, 4.69) is 22.8 Å². The summed E-state index contributed by atoms with van der Waals surface area (Å²) >= 11 is 0. The predicted molar refractivity (Wildman–Crippen MR) is 91.9 cm³/mol. The molecule has 3 rings (SSSR count). The van der Waals surface area contributed by atoms with Gasteiger partial charge in [-0.2, -0.15) is 0 Å². The highest BCUT2D eigenvalue weighted by atomic mass is 16.5. The Balaban J connectivity index is 1.70. The molecule has 0 aliphatic carbocycles. The summed E-state index contributed by atoms with van der Waals surface area (Å²) in [5, 5.41) is 6.35. The Hall–Kier alpha value is -2.33. The molecule has 4 nitrogen and oxygen atoms in total. The molecule has 0 unspecified atom stereocenters. The van der Waals surface area contributed by atoms with Gasteiger partial charge in [0.15, 0.2) is 0 Å². The van der Waals surface area contributed by atoms with Crippen molar-refractivity contribution >= 4 is 11.6 Å². The number of carbonyl (C=O) groups is 1. The Morgan fingerprint density at radius 3 is 2.96 bits per heavy atom. The molecule has 0 spiro atoms. The highest BCUT2D eigenvalue weighted by Gasteiger charge is 2.12. The van der Waals surface area contributed by atoms with Gasteiger partial charge in [-0.1, -0.05) is 18.2 Å². The van der Waals surface area contributed by atoms with Crippen LogP contribution in [0.3, 0.4) is 0 Å². The van der Waals surface area contributed by atoms with E-state index in [4.69, 9.17) is 4.74 Å². The Bertz CT molecular complexity index is 725. The zero-order chi connectivity index (χ0) is 16.2. The van der Waals surface area contributed by atoms with Gasteiger partial charge in [0, 0.05) is 12.2 Å². The summed E-state index contributed by atoms with van der Waals surface area (Å²) in [4.78, 5) is 12.3. The van der Waals surface area contributed by atoms with Crippen LogP contribution in [0.4, 0.5) is 5.69 Å². The minimum absolute atomic E-state index is 0.00919. The van der Waals surface area contributed by atoms with Gasteiger partial charge >= 0.3 is 0 Å². The van der Waals surface area contributed by atoms with Crippen LogP contribution in [0.2, 0.25) is 0 Å². The molecular formula is C19H22N2O2. The van der Waals surface area contributed by atoms with Crippen molar-refractivity contribution in [1.82, 2.24) is 5.32 Å². The Morgan fingerprint density at radius 1 is 1.26 bits per heavy atom. The number of carbonyl (C=O) groups excluding carboxylic acids is 1. The van der Waals surface area contributed by atoms with Gasteiger partial charge < -0.3 is 15.4 Å². The molecule has 2 aromatic carbocycles. The number of rotatable bonds is 4. The molecule has 0 atom stereocenters.